The van der Waals surface area contributed by atoms with E-state index in [0.717, 1.165) is 5.56 Å². The fourth-order valence-corrected chi connectivity index (χ4v) is 2.06. The van der Waals surface area contributed by atoms with Crippen LogP contribution in [0.5, 0.6) is 0 Å². The van der Waals surface area contributed by atoms with Crippen LogP contribution in [0.25, 0.3) is 0 Å². The number of anilines is 2. The molecule has 7 heteroatoms. The van der Waals surface area contributed by atoms with Crippen molar-refractivity contribution in [2.75, 3.05) is 10.5 Å². The molecule has 0 saturated heterocycles. The van der Waals surface area contributed by atoms with Gasteiger partial charge in [0.1, 0.15) is 0 Å². The molecule has 4 nitrogen and oxygen atoms in total. The van der Waals surface area contributed by atoms with Gasteiger partial charge in [-0.25, -0.2) is 8.42 Å². The van der Waals surface area contributed by atoms with Gasteiger partial charge in [-0.3, -0.25) is 4.72 Å². The normalized spacial score (nSPS) is 12.8. The first kappa shape index (κ1) is 14.7. The lowest BCUT2D eigenvalue weighted by Crippen LogP contribution is -2.21. The van der Waals surface area contributed by atoms with E-state index in [1.165, 1.54) is 12.1 Å². The third-order valence-electron chi connectivity index (χ3n) is 2.35. The summed E-state index contributed by atoms with van der Waals surface area (Å²) in [6.07, 6.45) is 0. The smallest absolute Gasteiger partial charge is 0.355 e. The Morgan fingerprint density at radius 3 is 2.22 bits per heavy atom. The molecule has 0 unspecified atom stereocenters. The van der Waals surface area contributed by atoms with Crippen LogP contribution < -0.4 is 10.5 Å². The minimum atomic E-state index is -4.66. The van der Waals surface area contributed by atoms with Gasteiger partial charge in [0.15, 0.2) is 0 Å². The molecular weight excluding hydrogens is 262 g/mol. The first-order valence-electron chi connectivity index (χ1n) is 5.24. The molecule has 0 radical (unpaired) electrons. The highest BCUT2D eigenvalue weighted by Crippen LogP contribution is 2.30. The van der Waals surface area contributed by atoms with Gasteiger partial charge in [0.2, 0.25) is 0 Å². The molecule has 0 fully saturated rings. The number of nitrogens with one attached hydrogen (secondary N) is 1. The van der Waals surface area contributed by atoms with E-state index in [1.807, 2.05) is 20.8 Å². The molecule has 0 atom stereocenters. The Balaban J connectivity index is 3.07. The minimum absolute atomic E-state index is 0.0285. The number of hydrogen-bond donors (Lipinski definition) is 2. The lowest BCUT2D eigenvalue weighted by Gasteiger charge is -2.21. The monoisotopic (exact) mass is 278 g/mol. The fourth-order valence-electron chi connectivity index (χ4n) is 1.52. The lowest BCUT2D eigenvalue weighted by atomic mass is 9.86. The van der Waals surface area contributed by atoms with Crippen molar-refractivity contribution >= 4 is 21.4 Å². The Kier molecular flexibility index (Phi) is 3.85. The van der Waals surface area contributed by atoms with Crippen LogP contribution >= 0.6 is 0 Å². The number of hydrogen-bond acceptors (Lipinski definition) is 3. The highest BCUT2D eigenvalue weighted by atomic mass is 32.2. The highest BCUT2D eigenvalue weighted by Gasteiger charge is 2.24. The summed E-state index contributed by atoms with van der Waals surface area (Å²) in [5.74, 6) is -3.47. The molecule has 0 bridgehead atoms. The zero-order chi connectivity index (χ0) is 14.1. The summed E-state index contributed by atoms with van der Waals surface area (Å²) >= 11 is 0. The van der Waals surface area contributed by atoms with Gasteiger partial charge >= 0.3 is 5.76 Å². The van der Waals surface area contributed by atoms with E-state index < -0.39 is 15.8 Å². The Labute approximate surface area is 105 Å². The second-order valence-corrected chi connectivity index (χ2v) is 6.61. The van der Waals surface area contributed by atoms with Gasteiger partial charge < -0.3 is 5.73 Å². The van der Waals surface area contributed by atoms with Crippen molar-refractivity contribution in [2.45, 2.75) is 31.9 Å². The van der Waals surface area contributed by atoms with Crippen molar-refractivity contribution in [3.05, 3.63) is 23.8 Å². The maximum atomic E-state index is 12.2. The van der Waals surface area contributed by atoms with E-state index in [0.29, 0.717) is 5.69 Å². The van der Waals surface area contributed by atoms with E-state index in [9.17, 15) is 17.2 Å². The molecule has 0 aromatic heterocycles. The van der Waals surface area contributed by atoms with Crippen molar-refractivity contribution < 1.29 is 17.2 Å². The summed E-state index contributed by atoms with van der Waals surface area (Å²) in [4.78, 5) is 0. The van der Waals surface area contributed by atoms with Gasteiger partial charge in [0.25, 0.3) is 10.0 Å². The molecule has 102 valence electrons. The zero-order valence-corrected chi connectivity index (χ0v) is 11.2. The van der Waals surface area contributed by atoms with Gasteiger partial charge in [-0.05, 0) is 23.1 Å². The number of benzene rings is 1. The van der Waals surface area contributed by atoms with Gasteiger partial charge in [0, 0.05) is 5.69 Å². The quantitative estimate of drug-likeness (QED) is 0.834. The summed E-state index contributed by atoms with van der Waals surface area (Å²) in [6, 6.07) is 4.37. The molecule has 1 aromatic carbocycles. The number of nitrogen functional groups attached to an aromatic ring is 1. The number of nitrogens with two attached hydrogens (primary N) is 1. The second-order valence-electron chi connectivity index (χ2n) is 4.96. The highest BCUT2D eigenvalue weighted by molar-refractivity contribution is 7.93. The average Bonchev–Trinajstić information content (AvgIpc) is 2.14. The van der Waals surface area contributed by atoms with Gasteiger partial charge in [-0.15, -0.1) is 0 Å². The lowest BCUT2D eigenvalue weighted by molar-refractivity contribution is 0.236. The molecule has 18 heavy (non-hydrogen) atoms. The van der Waals surface area contributed by atoms with Crippen LogP contribution in [0.4, 0.5) is 20.2 Å². The summed E-state index contributed by atoms with van der Waals surface area (Å²) in [5.41, 5.74) is 6.78. The topological polar surface area (TPSA) is 72.2 Å². The van der Waals surface area contributed by atoms with Crippen molar-refractivity contribution in [2.24, 2.45) is 0 Å². The summed E-state index contributed by atoms with van der Waals surface area (Å²) in [5, 5.41) is 0. The molecule has 1 aromatic rings. The SMILES string of the molecule is CC(C)(C)c1ccc(NS(=O)(=O)C(F)F)cc1N. The third kappa shape index (κ3) is 3.32. The Hall–Kier alpha value is -1.37. The third-order valence-corrected chi connectivity index (χ3v) is 3.34. The first-order valence-corrected chi connectivity index (χ1v) is 6.78. The maximum absolute atomic E-state index is 12.2. The summed E-state index contributed by atoms with van der Waals surface area (Å²) in [6.45, 7) is 5.84. The van der Waals surface area contributed by atoms with E-state index in [4.69, 9.17) is 5.73 Å². The molecule has 3 N–H and O–H groups in total. The van der Waals surface area contributed by atoms with E-state index in [-0.39, 0.29) is 11.1 Å². The van der Waals surface area contributed by atoms with Crippen LogP contribution in [0, 0.1) is 0 Å². The molecule has 0 aliphatic heterocycles. The molecule has 0 heterocycles. The standard InChI is InChI=1S/C11H16F2N2O2S/c1-11(2,3)8-5-4-7(6-9(8)14)15-18(16,17)10(12)13/h4-6,10,15H,14H2,1-3H3. The second kappa shape index (κ2) is 4.72. The van der Waals surface area contributed by atoms with Crippen LogP contribution in [0.15, 0.2) is 18.2 Å². The van der Waals surface area contributed by atoms with Crippen LogP contribution in [-0.2, 0) is 15.4 Å². The van der Waals surface area contributed by atoms with E-state index >= 15 is 0 Å². The Morgan fingerprint density at radius 1 is 1.28 bits per heavy atom. The summed E-state index contributed by atoms with van der Waals surface area (Å²) in [7, 11) is -4.66. The molecule has 0 aliphatic carbocycles. The molecule has 0 spiro atoms. The number of halogens is 2. The Bertz CT molecular complexity index is 536. The van der Waals surface area contributed by atoms with Crippen molar-refractivity contribution in [3.63, 3.8) is 0 Å². The molecule has 0 saturated carbocycles. The van der Waals surface area contributed by atoms with Crippen molar-refractivity contribution in [3.8, 4) is 0 Å². The number of alkyl halides is 2. The molecule has 0 amide bonds. The predicted octanol–water partition coefficient (Wildman–Crippen LogP) is 2.53. The first-order chi connectivity index (χ1) is 8.04. The van der Waals surface area contributed by atoms with Crippen LogP contribution in [0.2, 0.25) is 0 Å². The number of sulfonamides is 1. The predicted molar refractivity (Wildman–Crippen MR) is 68.1 cm³/mol. The van der Waals surface area contributed by atoms with Crippen LogP contribution in [0.3, 0.4) is 0 Å². The molecular formula is C11H16F2N2O2S. The van der Waals surface area contributed by atoms with Crippen molar-refractivity contribution in [1.29, 1.82) is 0 Å². The van der Waals surface area contributed by atoms with Crippen molar-refractivity contribution in [1.82, 2.24) is 0 Å². The van der Waals surface area contributed by atoms with Gasteiger partial charge in [0.05, 0.1) is 5.69 Å². The van der Waals surface area contributed by atoms with Crippen LogP contribution in [-0.4, -0.2) is 14.2 Å². The van der Waals surface area contributed by atoms with Gasteiger partial charge in [-0.2, -0.15) is 8.78 Å². The largest absolute Gasteiger partial charge is 0.398 e. The fraction of sp³-hybridized carbons (Fsp3) is 0.455. The zero-order valence-electron chi connectivity index (χ0n) is 10.4. The average molecular weight is 278 g/mol. The maximum Gasteiger partial charge on any atom is 0.355 e. The molecule has 1 rings (SSSR count). The van der Waals surface area contributed by atoms with Crippen LogP contribution in [0.1, 0.15) is 26.3 Å². The minimum Gasteiger partial charge on any atom is -0.398 e. The molecule has 0 aliphatic rings. The van der Waals surface area contributed by atoms with E-state index in [2.05, 4.69) is 0 Å². The Morgan fingerprint density at radius 2 is 1.83 bits per heavy atom. The number of rotatable bonds is 3. The summed E-state index contributed by atoms with van der Waals surface area (Å²) < 4.78 is 48.1. The van der Waals surface area contributed by atoms with E-state index in [1.54, 1.807) is 10.8 Å². The van der Waals surface area contributed by atoms with Gasteiger partial charge in [-0.1, -0.05) is 26.8 Å².